The van der Waals surface area contributed by atoms with Crippen molar-refractivity contribution in [3.8, 4) is 5.75 Å². The third-order valence-electron chi connectivity index (χ3n) is 4.96. The molecule has 0 spiro atoms. The third kappa shape index (κ3) is 14.9. The van der Waals surface area contributed by atoms with E-state index in [0.717, 1.165) is 0 Å². The van der Waals surface area contributed by atoms with E-state index >= 15 is 0 Å². The number of hydrogen-bond acceptors (Lipinski definition) is 5. The van der Waals surface area contributed by atoms with E-state index in [2.05, 4.69) is 41.5 Å². The minimum Gasteiger partial charge on any atom is -0.860 e. The summed E-state index contributed by atoms with van der Waals surface area (Å²) in [7, 11) is -3.20. The van der Waals surface area contributed by atoms with Crippen LogP contribution < -0.4 is 26.4 Å². The molecule has 0 atom stereocenters. The van der Waals surface area contributed by atoms with E-state index in [9.17, 15) is 32.0 Å². The van der Waals surface area contributed by atoms with Gasteiger partial charge in [0.15, 0.2) is 5.75 Å². The second-order valence-corrected chi connectivity index (χ2v) is 7.63. The molecule has 1 radical (unpaired) electrons. The van der Waals surface area contributed by atoms with Gasteiger partial charge in [-0.05, 0) is 0 Å². The molecule has 0 saturated heterocycles. The Morgan fingerprint density at radius 2 is 1.19 bits per heavy atom. The molecule has 2 rings (SSSR count). The van der Waals surface area contributed by atoms with Crippen molar-refractivity contribution in [3.05, 3.63) is 65.0 Å². The molecular formula is C24H33BF5N2O3Ru. The van der Waals surface area contributed by atoms with Gasteiger partial charge in [0.05, 0.1) is 0 Å². The van der Waals surface area contributed by atoms with Crippen LogP contribution in [0.25, 0.3) is 0 Å². The SMILES string of the molecule is CCCCCCCCCCCCc1[c-]cccc1.NN.[O-]B([O-])Oc1c(F)c(F)c(F)c(F)c1F.[Ru+3]. The third-order valence-corrected chi connectivity index (χ3v) is 4.96. The topological polar surface area (TPSA) is 107 Å². The Morgan fingerprint density at radius 1 is 0.750 bits per heavy atom. The zero-order valence-corrected chi connectivity index (χ0v) is 22.0. The molecule has 0 bridgehead atoms. The fourth-order valence-corrected chi connectivity index (χ4v) is 3.17. The molecule has 5 nitrogen and oxygen atoms in total. The molecule has 0 amide bonds. The summed E-state index contributed by atoms with van der Waals surface area (Å²) in [4.78, 5) is 0. The van der Waals surface area contributed by atoms with Gasteiger partial charge >= 0.3 is 19.5 Å². The molecule has 12 heteroatoms. The molecule has 0 unspecified atom stereocenters. The van der Waals surface area contributed by atoms with Crippen molar-refractivity contribution in [3.63, 3.8) is 0 Å². The predicted octanol–water partition coefficient (Wildman–Crippen LogP) is 4.23. The van der Waals surface area contributed by atoms with Crippen molar-refractivity contribution in [1.82, 2.24) is 0 Å². The minimum atomic E-state index is -3.20. The zero-order chi connectivity index (χ0) is 26.6. The van der Waals surface area contributed by atoms with Gasteiger partial charge in [0.2, 0.25) is 29.1 Å². The molecule has 0 aliphatic rings. The molecule has 0 fully saturated rings. The molecule has 0 saturated carbocycles. The van der Waals surface area contributed by atoms with Crippen molar-refractivity contribution < 1.29 is 56.1 Å². The first-order valence-electron chi connectivity index (χ1n) is 11.6. The first kappa shape index (κ1) is 36.6. The Labute approximate surface area is 223 Å². The summed E-state index contributed by atoms with van der Waals surface area (Å²) in [5.74, 6) is -5.56. The molecule has 36 heavy (non-hydrogen) atoms. The summed E-state index contributed by atoms with van der Waals surface area (Å²) in [5.41, 5.74) is 1.37. The van der Waals surface area contributed by atoms with Gasteiger partial charge in [-0.25, -0.2) is 13.2 Å². The predicted molar refractivity (Wildman–Crippen MR) is 122 cm³/mol. The van der Waals surface area contributed by atoms with Crippen molar-refractivity contribution >= 4 is 7.32 Å². The fourth-order valence-electron chi connectivity index (χ4n) is 3.17. The molecule has 2 aromatic rings. The average Bonchev–Trinajstić information content (AvgIpc) is 2.87. The van der Waals surface area contributed by atoms with Gasteiger partial charge in [-0.3, -0.25) is 11.7 Å². The van der Waals surface area contributed by atoms with Gasteiger partial charge in [-0.1, -0.05) is 77.6 Å². The van der Waals surface area contributed by atoms with Crippen LogP contribution in [0.4, 0.5) is 22.0 Å². The van der Waals surface area contributed by atoms with Gasteiger partial charge < -0.3 is 14.7 Å². The Hall–Kier alpha value is -1.58. The molecule has 0 aliphatic carbocycles. The van der Waals surface area contributed by atoms with E-state index in [1.807, 2.05) is 12.1 Å². The van der Waals surface area contributed by atoms with Gasteiger partial charge in [0.1, 0.15) is 7.32 Å². The molecule has 0 aliphatic heterocycles. The van der Waals surface area contributed by atoms with Crippen LogP contribution in [0.5, 0.6) is 5.75 Å². The van der Waals surface area contributed by atoms with Crippen LogP contribution >= 0.6 is 0 Å². The summed E-state index contributed by atoms with van der Waals surface area (Å²) >= 11 is 0. The van der Waals surface area contributed by atoms with E-state index in [4.69, 9.17) is 0 Å². The standard InChI is InChI=1S/C18H29.C6BF5O3.H4N2.Ru/c1-2-3-4-5-6-7-8-9-10-12-15-18-16-13-11-14-17-18;8-1-2(9)4(11)6(15-7(13)14)5(12)3(1)10;1-2;/h11,13-14,16H,2-10,12,15H2,1H3;;1-2H2;/q-1;-2;;+3. The van der Waals surface area contributed by atoms with Crippen LogP contribution in [-0.4, -0.2) is 7.32 Å². The first-order valence-corrected chi connectivity index (χ1v) is 11.6. The number of aryl methyl sites for hydroxylation is 1. The van der Waals surface area contributed by atoms with E-state index in [1.165, 1.54) is 76.2 Å². The second kappa shape index (κ2) is 22.6. The summed E-state index contributed by atoms with van der Waals surface area (Å²) in [6.07, 6.45) is 15.3. The number of hydrogen-bond donors (Lipinski definition) is 2. The Kier molecular flexibility index (Phi) is 23.0. The monoisotopic (exact) mass is 605 g/mol. The smallest absolute Gasteiger partial charge is 0.860 e. The fraction of sp³-hybridized carbons (Fsp3) is 0.500. The number of nitrogens with two attached hydrogens (primary N) is 2. The average molecular weight is 604 g/mol. The van der Waals surface area contributed by atoms with E-state index in [1.54, 1.807) is 0 Å². The van der Waals surface area contributed by atoms with Crippen molar-refractivity contribution in [2.45, 2.75) is 77.6 Å². The van der Waals surface area contributed by atoms with Gasteiger partial charge in [-0.15, -0.1) is 0 Å². The second-order valence-electron chi connectivity index (χ2n) is 7.63. The van der Waals surface area contributed by atoms with Crippen molar-refractivity contribution in [2.75, 3.05) is 0 Å². The zero-order valence-electron chi connectivity index (χ0n) is 20.3. The Morgan fingerprint density at radius 3 is 1.61 bits per heavy atom. The first-order chi connectivity index (χ1) is 16.8. The van der Waals surface area contributed by atoms with Gasteiger partial charge in [0, 0.05) is 0 Å². The molecular weight excluding hydrogens is 571 g/mol. The van der Waals surface area contributed by atoms with E-state index in [0.29, 0.717) is 0 Å². The Balaban J connectivity index is 0. The van der Waals surface area contributed by atoms with Crippen LogP contribution in [0.15, 0.2) is 24.3 Å². The molecule has 0 aromatic heterocycles. The number of unbranched alkanes of at least 4 members (excludes halogenated alkanes) is 9. The van der Waals surface area contributed by atoms with Crippen LogP contribution in [-0.2, 0) is 25.9 Å². The van der Waals surface area contributed by atoms with Crippen molar-refractivity contribution in [2.24, 2.45) is 11.7 Å². The van der Waals surface area contributed by atoms with Gasteiger partial charge in [0.25, 0.3) is 0 Å². The van der Waals surface area contributed by atoms with Crippen molar-refractivity contribution in [1.29, 1.82) is 0 Å². The normalized spacial score (nSPS) is 9.83. The molecule has 203 valence electrons. The van der Waals surface area contributed by atoms with Crippen LogP contribution in [0, 0.1) is 35.2 Å². The summed E-state index contributed by atoms with van der Waals surface area (Å²) in [6, 6.07) is 11.7. The van der Waals surface area contributed by atoms with Crippen LogP contribution in [0.1, 0.15) is 76.7 Å². The summed E-state index contributed by atoms with van der Waals surface area (Å²) < 4.78 is 65.9. The maximum atomic E-state index is 12.6. The number of halogens is 5. The maximum Gasteiger partial charge on any atom is 3.00 e. The van der Waals surface area contributed by atoms with Gasteiger partial charge in [-0.2, -0.15) is 44.7 Å². The largest absolute Gasteiger partial charge is 3.00 e. The molecule has 0 heterocycles. The van der Waals surface area contributed by atoms with E-state index in [-0.39, 0.29) is 19.5 Å². The molecule has 2 aromatic carbocycles. The summed E-state index contributed by atoms with van der Waals surface area (Å²) in [5, 5.41) is 19.7. The number of benzene rings is 2. The van der Waals surface area contributed by atoms with E-state index < -0.39 is 42.2 Å². The number of hydrazine groups is 1. The maximum absolute atomic E-state index is 12.6. The quantitative estimate of drug-likeness (QED) is 0.0521. The van der Waals surface area contributed by atoms with Crippen LogP contribution in [0.3, 0.4) is 0 Å². The van der Waals surface area contributed by atoms with Crippen LogP contribution in [0.2, 0.25) is 0 Å². The number of rotatable bonds is 13. The summed E-state index contributed by atoms with van der Waals surface area (Å²) in [6.45, 7) is 2.28. The molecule has 4 N–H and O–H groups in total. The Bertz CT molecular complexity index is 795. The minimum absolute atomic E-state index is 0.